The Balaban J connectivity index is 0.000000695. The van der Waals surface area contributed by atoms with Crippen LogP contribution in [-0.4, -0.2) is 139 Å². The minimum absolute atomic E-state index is 0.0874. The zero-order chi connectivity index (χ0) is 76.1. The number of fused-ring (bicyclic) bond motifs is 5. The highest BCUT2D eigenvalue weighted by atomic mass is 16.6. The van der Waals surface area contributed by atoms with Crippen LogP contribution in [0, 0.1) is 57.7 Å². The number of unbranched alkanes of at least 4 members (excludes halogenated alkanes) is 2. The summed E-state index contributed by atoms with van der Waals surface area (Å²) in [6, 6.07) is 0. The van der Waals surface area contributed by atoms with Crippen LogP contribution in [0.25, 0.3) is 0 Å². The van der Waals surface area contributed by atoms with Crippen LogP contribution in [0.3, 0.4) is 0 Å². The van der Waals surface area contributed by atoms with E-state index in [1.165, 1.54) is 51.4 Å². The molecule has 4 rings (SSSR count). The first-order chi connectivity index (χ1) is 47.3. The number of rotatable bonds is 42. The minimum atomic E-state index is -0.948. The number of nitrogens with zero attached hydrogens (tertiary/aromatic N) is 1. The lowest BCUT2D eigenvalue weighted by Gasteiger charge is -2.58. The second kappa shape index (κ2) is 42.3. The Labute approximate surface area is 618 Å². The van der Waals surface area contributed by atoms with Crippen LogP contribution in [0.4, 0.5) is 24.0 Å². The molecule has 0 aromatic rings. The highest BCUT2D eigenvalue weighted by Gasteiger charge is 2.59. The van der Waals surface area contributed by atoms with Gasteiger partial charge in [0, 0.05) is 41.7 Å². The number of carbonyl (C=O) groups is 5. The summed E-state index contributed by atoms with van der Waals surface area (Å²) in [6.45, 7) is 55.7. The van der Waals surface area contributed by atoms with Crippen molar-refractivity contribution in [1.82, 2.24) is 42.1 Å². The fourth-order valence-corrected chi connectivity index (χ4v) is 17.8. The molecule has 3 fully saturated rings. The Morgan fingerprint density at radius 3 is 1.47 bits per heavy atom. The topological polar surface area (TPSA) is 230 Å². The van der Waals surface area contributed by atoms with Crippen LogP contribution in [0.1, 0.15) is 333 Å². The third-order valence-corrected chi connectivity index (χ3v) is 25.3. The molecule has 0 radical (unpaired) electrons. The average Bonchev–Trinajstić information content (AvgIpc) is 1.68. The first kappa shape index (κ1) is 91.2. The van der Waals surface area contributed by atoms with E-state index in [4.69, 9.17) is 24.1 Å². The summed E-state index contributed by atoms with van der Waals surface area (Å²) in [5.74, 6) is 5.58. The summed E-state index contributed by atoms with van der Waals surface area (Å²) in [6.07, 6.45) is 27.1. The molecule has 9 atom stereocenters. The molecule has 4 aliphatic rings. The summed E-state index contributed by atoms with van der Waals surface area (Å²) >= 11 is 0. The Bertz CT molecular complexity index is 2450. The molecule has 0 aromatic heterocycles. The van der Waals surface area contributed by atoms with E-state index < -0.39 is 28.9 Å². The Hall–Kier alpha value is -4.03. The van der Waals surface area contributed by atoms with Gasteiger partial charge < -0.3 is 66.2 Å². The van der Waals surface area contributed by atoms with Crippen LogP contribution in [-0.2, 0) is 18.9 Å². The number of hydrogen-bond acceptors (Lipinski definition) is 12. The standard InChI is InChI=1S/C59H108N4O6.C24H50N4O4/c1-17-44(42(6)7)25-24-43(8)48-28-29-49-47-27-26-45-40-46(30-32-56(45,15)50(47)31-33-57(48,49)16)68-53(66)63(39-35-59(20-4,21-5)62-52(65)69-55(12,13)14)38-23-22-36-60-37-34-58(18-2,19-3)61-51(64)67-41-54(9,10)11;1-8-23(9-2,27-20(29)30)14-18-25-16-12-13-17-26-19-15-24(10-3,11-4)28-21(31)32-22(5,6)7/h26,42-44,46-50,60H,17-25,27-41H2,1-16H3,(H,61,64)(H,62,65);25-27H,8-19H2,1-7H3,(H,28,31)(H,29,30)/t43-,44-,46+,47+,48-,49+,50+,56+,57-;/m1./s1. The molecule has 0 heterocycles. The van der Waals surface area contributed by atoms with Crippen molar-refractivity contribution in [1.29, 1.82) is 0 Å². The number of hydrogen-bond donors (Lipinski definition) is 8. The lowest BCUT2D eigenvalue weighted by atomic mass is 9.47. The zero-order valence-electron chi connectivity index (χ0n) is 69.2. The van der Waals surface area contributed by atoms with Crippen molar-refractivity contribution in [3.63, 3.8) is 0 Å². The average molecular weight is 1430 g/mol. The van der Waals surface area contributed by atoms with E-state index in [1.807, 2.05) is 60.3 Å². The molecule has 3 saturated carbocycles. The molecule has 101 heavy (non-hydrogen) atoms. The minimum Gasteiger partial charge on any atom is -0.465 e. The smallest absolute Gasteiger partial charge is 0.410 e. The van der Waals surface area contributed by atoms with E-state index in [0.717, 1.165) is 196 Å². The second-order valence-corrected chi connectivity index (χ2v) is 35.7. The second-order valence-electron chi connectivity index (χ2n) is 35.7. The van der Waals surface area contributed by atoms with Gasteiger partial charge in [0.15, 0.2) is 0 Å². The van der Waals surface area contributed by atoms with Crippen LogP contribution < -0.4 is 37.2 Å². The van der Waals surface area contributed by atoms with Gasteiger partial charge in [0.25, 0.3) is 0 Å². The number of nitrogens with one attached hydrogen (secondary N) is 7. The number of carbonyl (C=O) groups excluding carboxylic acids is 4. The van der Waals surface area contributed by atoms with Crippen molar-refractivity contribution >= 4 is 30.5 Å². The largest absolute Gasteiger partial charge is 0.465 e. The van der Waals surface area contributed by atoms with Gasteiger partial charge in [0.2, 0.25) is 0 Å². The van der Waals surface area contributed by atoms with Crippen LogP contribution in [0.2, 0.25) is 0 Å². The summed E-state index contributed by atoms with van der Waals surface area (Å²) in [5, 5.41) is 31.8. The van der Waals surface area contributed by atoms with Gasteiger partial charge in [0.1, 0.15) is 17.3 Å². The van der Waals surface area contributed by atoms with Crippen molar-refractivity contribution in [2.45, 2.75) is 372 Å². The molecule has 5 amide bonds. The zero-order valence-corrected chi connectivity index (χ0v) is 69.2. The molecule has 0 aromatic carbocycles. The van der Waals surface area contributed by atoms with E-state index in [2.05, 4.69) is 147 Å². The lowest BCUT2D eigenvalue weighted by molar-refractivity contribution is -0.0596. The van der Waals surface area contributed by atoms with Crippen LogP contribution in [0.5, 0.6) is 0 Å². The molecular weight excluding hydrogens is 1270 g/mol. The van der Waals surface area contributed by atoms with Crippen LogP contribution >= 0.6 is 0 Å². The van der Waals surface area contributed by atoms with E-state index in [0.29, 0.717) is 31.5 Å². The van der Waals surface area contributed by atoms with Crippen molar-refractivity contribution in [3.8, 4) is 0 Å². The first-order valence-corrected chi connectivity index (χ1v) is 41.0. The van der Waals surface area contributed by atoms with E-state index in [1.54, 1.807) is 5.57 Å². The molecule has 18 heteroatoms. The summed E-state index contributed by atoms with van der Waals surface area (Å²) < 4.78 is 23.2. The monoisotopic (exact) mass is 1430 g/mol. The molecule has 4 aliphatic carbocycles. The number of amides is 5. The number of alkyl carbamates (subject to hydrolysis) is 3. The fourth-order valence-electron chi connectivity index (χ4n) is 17.8. The van der Waals surface area contributed by atoms with E-state index >= 15 is 0 Å². The van der Waals surface area contributed by atoms with E-state index in [9.17, 15) is 24.0 Å². The van der Waals surface area contributed by atoms with Crippen molar-refractivity contribution < 1.29 is 48.0 Å². The normalized spacial score (nSPS) is 22.4. The van der Waals surface area contributed by atoms with Gasteiger partial charge in [-0.2, -0.15) is 0 Å². The number of carboxylic acid groups (broad SMARTS) is 1. The summed E-state index contributed by atoms with van der Waals surface area (Å²) in [5.41, 5.74) is -0.406. The predicted molar refractivity (Wildman–Crippen MR) is 417 cm³/mol. The molecule has 0 unspecified atom stereocenters. The molecular formula is C83H158N8O10. The quantitative estimate of drug-likeness (QED) is 0.0162. The number of ether oxygens (including phenoxy) is 4. The third-order valence-electron chi connectivity index (χ3n) is 25.3. The van der Waals surface area contributed by atoms with Crippen molar-refractivity contribution in [3.05, 3.63) is 11.6 Å². The Morgan fingerprint density at radius 2 is 1.02 bits per heavy atom. The third kappa shape index (κ3) is 29.7. The maximum absolute atomic E-state index is 14.4. The highest BCUT2D eigenvalue weighted by molar-refractivity contribution is 5.70. The van der Waals surface area contributed by atoms with Gasteiger partial charge in [-0.1, -0.05) is 142 Å². The molecule has 0 spiro atoms. The van der Waals surface area contributed by atoms with Crippen molar-refractivity contribution in [2.75, 3.05) is 59.0 Å². The molecule has 18 nitrogen and oxygen atoms in total. The highest BCUT2D eigenvalue weighted by Crippen LogP contribution is 2.67. The molecule has 0 bridgehead atoms. The predicted octanol–water partition coefficient (Wildman–Crippen LogP) is 19.7. The van der Waals surface area contributed by atoms with Crippen LogP contribution in [0.15, 0.2) is 11.6 Å². The van der Waals surface area contributed by atoms with E-state index in [-0.39, 0.29) is 51.8 Å². The summed E-state index contributed by atoms with van der Waals surface area (Å²) in [4.78, 5) is 65.4. The van der Waals surface area contributed by atoms with Gasteiger partial charge in [-0.25, -0.2) is 24.0 Å². The Kier molecular flexibility index (Phi) is 38.2. The fraction of sp³-hybridized carbons (Fsp3) is 0.916. The SMILES string of the molecule is CCC(CC)(CCNCCCCNCCC(CC)(CC)NC(=O)OC(C)(C)C)NC(=O)O.CC[C@H](CC[C@@H](C)[C@H]1CC[C@H]2[C@@H]3CC=C4C[C@@H](OC(=O)N(CCCCNCCC(CC)(CC)NC(=O)OCC(C)(C)C)CCC(CC)(CC)NC(=O)OC(C)(C)C)CC[C@]4(C)[C@H]3CC[C@]12C)C(C)C. The number of allylic oxidation sites excluding steroid dienone is 1. The van der Waals surface area contributed by atoms with Crippen molar-refractivity contribution in [2.24, 2.45) is 57.7 Å². The van der Waals surface area contributed by atoms with Gasteiger partial charge in [-0.05, 0) is 293 Å². The molecule has 8 N–H and O–H groups in total. The maximum Gasteiger partial charge on any atom is 0.410 e. The van der Waals surface area contributed by atoms with Gasteiger partial charge >= 0.3 is 30.5 Å². The van der Waals surface area contributed by atoms with Gasteiger partial charge in [-0.3, -0.25) is 0 Å². The van der Waals surface area contributed by atoms with Gasteiger partial charge in [-0.15, -0.1) is 0 Å². The first-order valence-electron chi connectivity index (χ1n) is 41.0. The Morgan fingerprint density at radius 1 is 0.554 bits per heavy atom. The molecule has 590 valence electrons. The van der Waals surface area contributed by atoms with Gasteiger partial charge in [0.05, 0.1) is 6.61 Å². The molecule has 0 aliphatic heterocycles. The molecule has 0 saturated heterocycles. The summed E-state index contributed by atoms with van der Waals surface area (Å²) in [7, 11) is 0. The maximum atomic E-state index is 14.4. The lowest BCUT2D eigenvalue weighted by Crippen LogP contribution is -2.52.